The van der Waals surface area contributed by atoms with Crippen LogP contribution in [0.5, 0.6) is 0 Å². The second-order valence-electron chi connectivity index (χ2n) is 5.86. The molecular formula is C15H26N4O4. The van der Waals surface area contributed by atoms with Crippen LogP contribution in [0.1, 0.15) is 13.3 Å². The first-order valence-electron chi connectivity index (χ1n) is 8.20. The summed E-state index contributed by atoms with van der Waals surface area (Å²) in [5.74, 6) is -1.05. The number of carbonyl (C=O) groups excluding carboxylic acids is 3. The molecule has 2 aliphatic heterocycles. The molecule has 130 valence electrons. The van der Waals surface area contributed by atoms with E-state index in [9.17, 15) is 14.4 Å². The Hall–Kier alpha value is -1.67. The van der Waals surface area contributed by atoms with E-state index in [1.165, 1.54) is 11.8 Å². The molecule has 2 fully saturated rings. The number of nitrogens with zero attached hydrogens (tertiary/aromatic N) is 3. The van der Waals surface area contributed by atoms with Crippen molar-refractivity contribution in [3.8, 4) is 0 Å². The second kappa shape index (κ2) is 8.83. The third-order valence-electron chi connectivity index (χ3n) is 4.25. The summed E-state index contributed by atoms with van der Waals surface area (Å²) in [7, 11) is 0. The number of hydrogen-bond acceptors (Lipinski definition) is 5. The first kappa shape index (κ1) is 17.7. The molecule has 2 saturated heterocycles. The molecule has 0 radical (unpaired) electrons. The molecule has 2 aliphatic rings. The Bertz CT molecular complexity index is 429. The van der Waals surface area contributed by atoms with Gasteiger partial charge in [0, 0.05) is 52.7 Å². The van der Waals surface area contributed by atoms with Gasteiger partial charge in [0.1, 0.15) is 0 Å². The maximum Gasteiger partial charge on any atom is 0.312 e. The third kappa shape index (κ3) is 5.47. The van der Waals surface area contributed by atoms with Gasteiger partial charge >= 0.3 is 11.8 Å². The molecule has 2 heterocycles. The monoisotopic (exact) mass is 326 g/mol. The topological polar surface area (TPSA) is 82.2 Å². The van der Waals surface area contributed by atoms with E-state index >= 15 is 0 Å². The van der Waals surface area contributed by atoms with E-state index in [1.54, 1.807) is 4.90 Å². The van der Waals surface area contributed by atoms with Crippen LogP contribution in [0.4, 0.5) is 0 Å². The minimum Gasteiger partial charge on any atom is -0.379 e. The van der Waals surface area contributed by atoms with E-state index in [1.807, 2.05) is 0 Å². The van der Waals surface area contributed by atoms with Gasteiger partial charge in [-0.2, -0.15) is 0 Å². The number of carbonyl (C=O) groups is 3. The summed E-state index contributed by atoms with van der Waals surface area (Å²) >= 11 is 0. The number of piperazine rings is 1. The fourth-order valence-corrected chi connectivity index (χ4v) is 2.77. The van der Waals surface area contributed by atoms with Crippen LogP contribution in [0.25, 0.3) is 0 Å². The highest BCUT2D eigenvalue weighted by Crippen LogP contribution is 2.02. The predicted octanol–water partition coefficient (Wildman–Crippen LogP) is -1.48. The van der Waals surface area contributed by atoms with Crippen molar-refractivity contribution in [3.63, 3.8) is 0 Å². The molecular weight excluding hydrogens is 300 g/mol. The van der Waals surface area contributed by atoms with Gasteiger partial charge in [0.25, 0.3) is 0 Å². The number of hydrogen-bond donors (Lipinski definition) is 1. The first-order valence-corrected chi connectivity index (χ1v) is 8.20. The molecule has 0 unspecified atom stereocenters. The van der Waals surface area contributed by atoms with Crippen molar-refractivity contribution < 1.29 is 19.1 Å². The van der Waals surface area contributed by atoms with Crippen molar-refractivity contribution in [2.75, 3.05) is 65.6 Å². The van der Waals surface area contributed by atoms with Gasteiger partial charge in [0.15, 0.2) is 0 Å². The lowest BCUT2D eigenvalue weighted by atomic mass is 10.3. The molecule has 0 aromatic carbocycles. The SMILES string of the molecule is CC(=O)N1CCN(C(=O)C(=O)NCCCN2CCOCC2)CC1. The minimum atomic E-state index is -0.553. The Labute approximate surface area is 136 Å². The summed E-state index contributed by atoms with van der Waals surface area (Å²) in [6.45, 7) is 8.09. The molecule has 0 spiro atoms. The molecule has 0 bridgehead atoms. The Morgan fingerprint density at radius 2 is 1.57 bits per heavy atom. The molecule has 0 aliphatic carbocycles. The van der Waals surface area contributed by atoms with Crippen LogP contribution < -0.4 is 5.32 Å². The highest BCUT2D eigenvalue weighted by atomic mass is 16.5. The molecule has 0 atom stereocenters. The summed E-state index contributed by atoms with van der Waals surface area (Å²) in [5, 5.41) is 2.68. The molecule has 2 rings (SSSR count). The van der Waals surface area contributed by atoms with Crippen molar-refractivity contribution in [2.24, 2.45) is 0 Å². The number of nitrogens with one attached hydrogen (secondary N) is 1. The molecule has 8 heteroatoms. The zero-order valence-electron chi connectivity index (χ0n) is 13.8. The lowest BCUT2D eigenvalue weighted by Crippen LogP contribution is -2.53. The fourth-order valence-electron chi connectivity index (χ4n) is 2.77. The highest BCUT2D eigenvalue weighted by Gasteiger charge is 2.26. The molecule has 1 N–H and O–H groups in total. The number of morpholine rings is 1. The van der Waals surface area contributed by atoms with Gasteiger partial charge in [0.2, 0.25) is 5.91 Å². The zero-order valence-corrected chi connectivity index (χ0v) is 13.8. The van der Waals surface area contributed by atoms with Gasteiger partial charge in [-0.1, -0.05) is 0 Å². The van der Waals surface area contributed by atoms with Gasteiger partial charge in [-0.15, -0.1) is 0 Å². The van der Waals surface area contributed by atoms with E-state index in [0.29, 0.717) is 32.7 Å². The van der Waals surface area contributed by atoms with Crippen molar-refractivity contribution in [2.45, 2.75) is 13.3 Å². The van der Waals surface area contributed by atoms with Gasteiger partial charge in [-0.25, -0.2) is 0 Å². The number of rotatable bonds is 4. The van der Waals surface area contributed by atoms with Gasteiger partial charge in [-0.05, 0) is 13.0 Å². The van der Waals surface area contributed by atoms with Crippen LogP contribution in [0.2, 0.25) is 0 Å². The first-order chi connectivity index (χ1) is 11.1. The van der Waals surface area contributed by atoms with Crippen LogP contribution in [0.3, 0.4) is 0 Å². The lowest BCUT2D eigenvalue weighted by molar-refractivity contribution is -0.148. The summed E-state index contributed by atoms with van der Waals surface area (Å²) in [6.07, 6.45) is 0.817. The van der Waals surface area contributed by atoms with E-state index in [-0.39, 0.29) is 5.91 Å². The van der Waals surface area contributed by atoms with E-state index in [0.717, 1.165) is 39.3 Å². The van der Waals surface area contributed by atoms with Gasteiger partial charge < -0.3 is 19.9 Å². The molecule has 8 nitrogen and oxygen atoms in total. The van der Waals surface area contributed by atoms with Crippen LogP contribution >= 0.6 is 0 Å². The summed E-state index contributed by atoms with van der Waals surface area (Å²) in [6, 6.07) is 0. The van der Waals surface area contributed by atoms with Crippen LogP contribution in [0, 0.1) is 0 Å². The van der Waals surface area contributed by atoms with Crippen molar-refractivity contribution >= 4 is 17.7 Å². The predicted molar refractivity (Wildman–Crippen MR) is 83.7 cm³/mol. The molecule has 0 aromatic rings. The van der Waals surface area contributed by atoms with Crippen molar-refractivity contribution in [1.29, 1.82) is 0 Å². The normalized spacial score (nSPS) is 19.5. The quantitative estimate of drug-likeness (QED) is 0.503. The average Bonchev–Trinajstić information content (AvgIpc) is 2.59. The molecule has 0 saturated carbocycles. The van der Waals surface area contributed by atoms with Crippen molar-refractivity contribution in [1.82, 2.24) is 20.0 Å². The average molecular weight is 326 g/mol. The Morgan fingerprint density at radius 1 is 0.957 bits per heavy atom. The van der Waals surface area contributed by atoms with Crippen LogP contribution in [-0.4, -0.2) is 98.0 Å². The smallest absolute Gasteiger partial charge is 0.312 e. The molecule has 23 heavy (non-hydrogen) atoms. The summed E-state index contributed by atoms with van der Waals surface area (Å²) in [4.78, 5) is 40.7. The summed E-state index contributed by atoms with van der Waals surface area (Å²) < 4.78 is 5.28. The largest absolute Gasteiger partial charge is 0.379 e. The Balaban J connectivity index is 1.61. The van der Waals surface area contributed by atoms with E-state index in [2.05, 4.69) is 10.2 Å². The standard InChI is InChI=1S/C15H26N4O4/c1-13(20)18-5-7-19(8-6-18)15(22)14(21)16-3-2-4-17-9-11-23-12-10-17/h2-12H2,1H3,(H,16,21). The zero-order chi connectivity index (χ0) is 16.7. The Kier molecular flexibility index (Phi) is 6.79. The fraction of sp³-hybridized carbons (Fsp3) is 0.800. The number of amides is 3. The number of ether oxygens (including phenoxy) is 1. The van der Waals surface area contributed by atoms with Crippen molar-refractivity contribution in [3.05, 3.63) is 0 Å². The van der Waals surface area contributed by atoms with Gasteiger partial charge in [-0.3, -0.25) is 19.3 Å². The summed E-state index contributed by atoms with van der Waals surface area (Å²) in [5.41, 5.74) is 0. The third-order valence-corrected chi connectivity index (χ3v) is 4.25. The highest BCUT2D eigenvalue weighted by molar-refractivity contribution is 6.35. The maximum absolute atomic E-state index is 12.1. The van der Waals surface area contributed by atoms with Crippen LogP contribution in [0.15, 0.2) is 0 Å². The molecule has 0 aromatic heterocycles. The minimum absolute atomic E-state index is 0.00432. The van der Waals surface area contributed by atoms with E-state index in [4.69, 9.17) is 4.74 Å². The molecule has 3 amide bonds. The Morgan fingerprint density at radius 3 is 2.17 bits per heavy atom. The van der Waals surface area contributed by atoms with Gasteiger partial charge in [0.05, 0.1) is 13.2 Å². The lowest BCUT2D eigenvalue weighted by Gasteiger charge is -2.33. The van der Waals surface area contributed by atoms with Crippen LogP contribution in [-0.2, 0) is 19.1 Å². The maximum atomic E-state index is 12.1. The second-order valence-corrected chi connectivity index (χ2v) is 5.86. The van der Waals surface area contributed by atoms with E-state index < -0.39 is 11.8 Å².